The number of methoxy groups -OCH3 is 1. The summed E-state index contributed by atoms with van der Waals surface area (Å²) >= 11 is 1.63. The van der Waals surface area contributed by atoms with E-state index < -0.39 is 6.03 Å². The summed E-state index contributed by atoms with van der Waals surface area (Å²) in [5, 5.41) is 2.66. The fourth-order valence-electron chi connectivity index (χ4n) is 2.35. The van der Waals surface area contributed by atoms with Crippen LogP contribution < -0.4 is 16.0 Å². The third-order valence-electron chi connectivity index (χ3n) is 3.19. The van der Waals surface area contributed by atoms with Gasteiger partial charge in [0.25, 0.3) is 0 Å². The molecule has 1 aliphatic heterocycles. The number of fused-ring (bicyclic) bond motifs is 1. The first kappa shape index (κ1) is 13.8. The first-order chi connectivity index (χ1) is 10.2. The number of anilines is 3. The molecule has 3 N–H and O–H groups in total. The monoisotopic (exact) mass is 301 g/mol. The smallest absolute Gasteiger partial charge is 0.316 e. The Morgan fingerprint density at radius 1 is 1.19 bits per heavy atom. The van der Waals surface area contributed by atoms with Crippen LogP contribution in [0.2, 0.25) is 0 Å². The first-order valence-electron chi connectivity index (χ1n) is 6.44. The van der Waals surface area contributed by atoms with Gasteiger partial charge in [0.2, 0.25) is 0 Å². The van der Waals surface area contributed by atoms with Crippen LogP contribution in [0.25, 0.3) is 0 Å². The number of nitrogens with zero attached hydrogens (tertiary/aromatic N) is 1. The van der Waals surface area contributed by atoms with Crippen molar-refractivity contribution in [3.05, 3.63) is 48.5 Å². The van der Waals surface area contributed by atoms with E-state index in [4.69, 9.17) is 10.5 Å². The van der Waals surface area contributed by atoms with Crippen LogP contribution in [0.15, 0.2) is 53.4 Å². The lowest BCUT2D eigenvalue weighted by Crippen LogP contribution is -2.28. The van der Waals surface area contributed by atoms with Crippen molar-refractivity contribution in [2.45, 2.75) is 10.5 Å². The average molecular weight is 301 g/mol. The van der Waals surface area contributed by atoms with Gasteiger partial charge < -0.3 is 20.7 Å². The summed E-state index contributed by atoms with van der Waals surface area (Å²) in [6.45, 7) is 0. The van der Waals surface area contributed by atoms with E-state index in [0.29, 0.717) is 5.69 Å². The van der Waals surface area contributed by atoms with Gasteiger partial charge in [-0.1, -0.05) is 36.0 Å². The highest BCUT2D eigenvalue weighted by Crippen LogP contribution is 2.49. The largest absolute Gasteiger partial charge is 0.351 e. The van der Waals surface area contributed by atoms with E-state index in [-0.39, 0.29) is 5.56 Å². The van der Waals surface area contributed by atoms with Crippen LogP contribution in [0.1, 0.15) is 0 Å². The Kier molecular flexibility index (Phi) is 3.72. The highest BCUT2D eigenvalue weighted by molar-refractivity contribution is 8.00. The second kappa shape index (κ2) is 5.67. The maximum absolute atomic E-state index is 11.2. The molecular weight excluding hydrogens is 286 g/mol. The number of nitrogens with one attached hydrogen (secondary N) is 1. The minimum atomic E-state index is -0.587. The molecule has 1 aliphatic rings. The van der Waals surface area contributed by atoms with Crippen molar-refractivity contribution < 1.29 is 9.53 Å². The topological polar surface area (TPSA) is 67.6 Å². The normalized spacial score (nSPS) is 16.6. The molecule has 0 saturated heterocycles. The molecule has 2 aromatic rings. The number of carbonyl (C=O) groups is 1. The van der Waals surface area contributed by atoms with E-state index in [1.807, 2.05) is 47.4 Å². The van der Waals surface area contributed by atoms with Gasteiger partial charge in [0.1, 0.15) is 0 Å². The molecule has 1 unspecified atom stereocenters. The van der Waals surface area contributed by atoms with E-state index in [9.17, 15) is 4.79 Å². The van der Waals surface area contributed by atoms with Gasteiger partial charge in [-0.25, -0.2) is 4.79 Å². The molecule has 0 bridgehead atoms. The molecule has 0 radical (unpaired) electrons. The van der Waals surface area contributed by atoms with Crippen LogP contribution in [0.4, 0.5) is 21.9 Å². The summed E-state index contributed by atoms with van der Waals surface area (Å²) in [5.41, 5.74) is 7.62. The molecule has 6 heteroatoms. The van der Waals surface area contributed by atoms with Gasteiger partial charge in [-0.3, -0.25) is 0 Å². The van der Waals surface area contributed by atoms with E-state index >= 15 is 0 Å². The third kappa shape index (κ3) is 2.55. The number of nitrogens with two attached hydrogens (primary N) is 1. The zero-order chi connectivity index (χ0) is 14.8. The van der Waals surface area contributed by atoms with E-state index in [2.05, 4.69) is 11.4 Å². The number of hydrogen-bond donors (Lipinski definition) is 2. The minimum Gasteiger partial charge on any atom is -0.351 e. The lowest BCUT2D eigenvalue weighted by molar-refractivity contribution is 0.180. The maximum Gasteiger partial charge on any atom is 0.316 e. The first-order valence-corrected chi connectivity index (χ1v) is 7.32. The van der Waals surface area contributed by atoms with Crippen molar-refractivity contribution in [3.63, 3.8) is 0 Å². The highest BCUT2D eigenvalue weighted by atomic mass is 32.2. The number of primary amides is 1. The van der Waals surface area contributed by atoms with E-state index in [1.165, 1.54) is 0 Å². The molecule has 0 spiro atoms. The lowest BCUT2D eigenvalue weighted by Gasteiger charge is -2.27. The third-order valence-corrected chi connectivity index (χ3v) is 4.39. The molecule has 2 aromatic carbocycles. The van der Waals surface area contributed by atoms with Crippen LogP contribution in [-0.2, 0) is 4.74 Å². The second-order valence-corrected chi connectivity index (χ2v) is 5.58. The number of rotatable bonds is 3. The zero-order valence-corrected chi connectivity index (χ0v) is 12.3. The van der Waals surface area contributed by atoms with Gasteiger partial charge in [0, 0.05) is 12.0 Å². The van der Waals surface area contributed by atoms with Crippen LogP contribution >= 0.6 is 11.8 Å². The molecule has 0 aromatic heterocycles. The Balaban J connectivity index is 2.08. The summed E-state index contributed by atoms with van der Waals surface area (Å²) in [6, 6.07) is 15.0. The molecule has 2 amide bonds. The highest BCUT2D eigenvalue weighted by Gasteiger charge is 2.32. The summed E-state index contributed by atoms with van der Waals surface area (Å²) in [6.07, 6.45) is 0. The van der Waals surface area contributed by atoms with Crippen molar-refractivity contribution >= 4 is 34.9 Å². The van der Waals surface area contributed by atoms with Crippen molar-refractivity contribution in [2.75, 3.05) is 17.3 Å². The number of hydrogen-bond acceptors (Lipinski definition) is 4. The number of carbonyl (C=O) groups excluding carboxylic acids is 1. The molecule has 0 saturated carbocycles. The SMILES string of the molecule is COC1Sc2ccccc2N1c1ccccc1NC(N)=O. The van der Waals surface area contributed by atoms with Crippen molar-refractivity contribution in [2.24, 2.45) is 5.73 Å². The number of benzene rings is 2. The molecule has 21 heavy (non-hydrogen) atoms. The Bertz CT molecular complexity index is 677. The minimum absolute atomic E-state index is 0.182. The van der Waals surface area contributed by atoms with Crippen LogP contribution in [0, 0.1) is 0 Å². The molecule has 108 valence electrons. The molecular formula is C15H15N3O2S. The van der Waals surface area contributed by atoms with Crippen LogP contribution in [0.5, 0.6) is 0 Å². The van der Waals surface area contributed by atoms with Crippen LogP contribution in [-0.4, -0.2) is 18.7 Å². The molecule has 0 fully saturated rings. The number of amides is 2. The summed E-state index contributed by atoms with van der Waals surface area (Å²) in [5.74, 6) is 0. The van der Waals surface area contributed by atoms with Gasteiger partial charge >= 0.3 is 6.03 Å². The summed E-state index contributed by atoms with van der Waals surface area (Å²) in [7, 11) is 1.67. The summed E-state index contributed by atoms with van der Waals surface area (Å²) in [4.78, 5) is 14.4. The van der Waals surface area contributed by atoms with Gasteiger partial charge in [-0.15, -0.1) is 0 Å². The maximum atomic E-state index is 11.2. The average Bonchev–Trinajstić information content (AvgIpc) is 2.85. The van der Waals surface area contributed by atoms with E-state index in [0.717, 1.165) is 16.3 Å². The predicted octanol–water partition coefficient (Wildman–Crippen LogP) is 3.35. The lowest BCUT2D eigenvalue weighted by atomic mass is 10.2. The zero-order valence-electron chi connectivity index (χ0n) is 11.4. The molecule has 1 heterocycles. The fourth-order valence-corrected chi connectivity index (χ4v) is 3.44. The number of urea groups is 1. The predicted molar refractivity (Wildman–Crippen MR) is 84.9 cm³/mol. The van der Waals surface area contributed by atoms with Crippen molar-refractivity contribution in [1.82, 2.24) is 0 Å². The Labute approximate surface area is 127 Å². The van der Waals surface area contributed by atoms with Crippen LogP contribution in [0.3, 0.4) is 0 Å². The Hall–Kier alpha value is -2.18. The molecule has 3 rings (SSSR count). The Morgan fingerprint density at radius 3 is 2.57 bits per heavy atom. The van der Waals surface area contributed by atoms with Gasteiger partial charge in [-0.2, -0.15) is 0 Å². The second-order valence-electron chi connectivity index (χ2n) is 4.50. The van der Waals surface area contributed by atoms with Gasteiger partial charge in [-0.05, 0) is 24.3 Å². The number of thioether (sulfide) groups is 1. The van der Waals surface area contributed by atoms with Gasteiger partial charge in [0.05, 0.1) is 17.1 Å². The number of para-hydroxylation sites is 3. The van der Waals surface area contributed by atoms with Crippen molar-refractivity contribution in [1.29, 1.82) is 0 Å². The Morgan fingerprint density at radius 2 is 1.86 bits per heavy atom. The van der Waals surface area contributed by atoms with E-state index in [1.54, 1.807) is 18.9 Å². The quantitative estimate of drug-likeness (QED) is 0.912. The standard InChI is InChI=1S/C15H15N3O2S/c1-20-15-18(12-8-4-5-9-13(12)21-15)11-7-3-2-6-10(11)17-14(16)19/h2-9,15H,1H3,(H3,16,17,19). The summed E-state index contributed by atoms with van der Waals surface area (Å²) < 4.78 is 5.57. The fraction of sp³-hybridized carbons (Fsp3) is 0.133. The number of ether oxygens (including phenoxy) is 1. The molecule has 1 atom stereocenters. The molecule has 5 nitrogen and oxygen atoms in total. The molecule has 0 aliphatic carbocycles. The van der Waals surface area contributed by atoms with Gasteiger partial charge in [0.15, 0.2) is 5.56 Å². The van der Waals surface area contributed by atoms with Crippen molar-refractivity contribution in [3.8, 4) is 0 Å².